The quantitative estimate of drug-likeness (QED) is 0.131. The van der Waals surface area contributed by atoms with Gasteiger partial charge in [0.25, 0.3) is 0 Å². The third kappa shape index (κ3) is 7.13. The first-order valence-electron chi connectivity index (χ1n) is 24.1. The van der Waals surface area contributed by atoms with Crippen molar-refractivity contribution in [3.8, 4) is 61.3 Å². The third-order valence-corrected chi connectivity index (χ3v) is 14.0. The van der Waals surface area contributed by atoms with Gasteiger partial charge in [-0.2, -0.15) is 0 Å². The lowest BCUT2D eigenvalue weighted by atomic mass is 9.87. The average molecular weight is 891 g/mol. The summed E-state index contributed by atoms with van der Waals surface area (Å²) in [4.78, 5) is 2.47. The van der Waals surface area contributed by atoms with Crippen LogP contribution in [0.2, 0.25) is 0 Å². The zero-order valence-electron chi connectivity index (χ0n) is 38.5. The molecule has 0 aliphatic rings. The highest BCUT2D eigenvalue weighted by Crippen LogP contribution is 2.49. The molecule has 2 heteroatoms. The third-order valence-electron chi connectivity index (χ3n) is 14.0. The molecule has 0 aliphatic carbocycles. The van der Waals surface area contributed by atoms with Gasteiger partial charge in [-0.15, -0.1) is 0 Å². The highest BCUT2D eigenvalue weighted by Gasteiger charge is 2.24. The minimum Gasteiger partial charge on any atom is -0.310 e. The van der Waals surface area contributed by atoms with Crippen LogP contribution in [0.1, 0.15) is 0 Å². The van der Waals surface area contributed by atoms with E-state index in [-0.39, 0.29) is 0 Å². The van der Waals surface area contributed by atoms with Gasteiger partial charge >= 0.3 is 0 Å². The highest BCUT2D eigenvalue weighted by atomic mass is 15.1. The van der Waals surface area contributed by atoms with E-state index in [0.29, 0.717) is 0 Å². The second-order valence-corrected chi connectivity index (χ2v) is 18.0. The monoisotopic (exact) mass is 890 g/mol. The molecule has 0 atom stereocenters. The number of anilines is 3. The van der Waals surface area contributed by atoms with Crippen molar-refractivity contribution in [2.75, 3.05) is 4.90 Å². The van der Waals surface area contributed by atoms with Crippen LogP contribution in [0, 0.1) is 0 Å². The van der Waals surface area contributed by atoms with E-state index in [0.717, 1.165) is 39.4 Å². The lowest BCUT2D eigenvalue weighted by molar-refractivity contribution is 1.18. The number of rotatable bonds is 9. The van der Waals surface area contributed by atoms with E-state index in [4.69, 9.17) is 0 Å². The number of fused-ring (bicyclic) bond motifs is 6. The molecule has 1 aromatic heterocycles. The van der Waals surface area contributed by atoms with E-state index in [9.17, 15) is 0 Å². The van der Waals surface area contributed by atoms with Gasteiger partial charge in [0.1, 0.15) is 0 Å². The van der Waals surface area contributed by atoms with Crippen LogP contribution in [-0.2, 0) is 0 Å². The van der Waals surface area contributed by atoms with Gasteiger partial charge in [-0.3, -0.25) is 0 Å². The van der Waals surface area contributed by atoms with Crippen LogP contribution in [0.4, 0.5) is 17.1 Å². The molecule has 1 heterocycles. The largest absolute Gasteiger partial charge is 0.310 e. The van der Waals surface area contributed by atoms with Crippen molar-refractivity contribution in [2.45, 2.75) is 0 Å². The Morgan fingerprint density at radius 2 is 0.829 bits per heavy atom. The zero-order valence-corrected chi connectivity index (χ0v) is 38.5. The van der Waals surface area contributed by atoms with Gasteiger partial charge in [0.15, 0.2) is 0 Å². The van der Waals surface area contributed by atoms with E-state index < -0.39 is 0 Å². The maximum atomic E-state index is 2.47. The number of hydrogen-bond acceptors (Lipinski definition) is 1. The van der Waals surface area contributed by atoms with Crippen molar-refractivity contribution in [2.24, 2.45) is 0 Å². The highest BCUT2D eigenvalue weighted by molar-refractivity contribution is 6.16. The molecule has 13 aromatic rings. The molecule has 0 unspecified atom stereocenters. The molecule has 0 saturated heterocycles. The molecule has 2 nitrogen and oxygen atoms in total. The van der Waals surface area contributed by atoms with Gasteiger partial charge in [-0.1, -0.05) is 218 Å². The SMILES string of the molecule is c1ccc(-c2ccccc2-c2c(-c3ccccc3)cccc2N(c2ccc(-c3ccc4c(ccc5ccccc54)c3)cc2)c2cccc(-c3cccc4c3c3ccccc3n4-c3ccccc3)c2)cc1. The van der Waals surface area contributed by atoms with Crippen LogP contribution in [0.25, 0.3) is 105 Å². The molecule has 0 fully saturated rings. The predicted octanol–water partition coefficient (Wildman–Crippen LogP) is 18.9. The molecule has 0 aliphatic heterocycles. The van der Waals surface area contributed by atoms with Gasteiger partial charge < -0.3 is 9.47 Å². The normalized spacial score (nSPS) is 11.4. The average Bonchev–Trinajstić information content (AvgIpc) is 3.78. The van der Waals surface area contributed by atoms with E-state index in [2.05, 4.69) is 289 Å². The second-order valence-electron chi connectivity index (χ2n) is 18.0. The molecule has 0 spiro atoms. The molecule has 328 valence electrons. The Bertz CT molecular complexity index is 4040. The van der Waals surface area contributed by atoms with Crippen LogP contribution in [0.5, 0.6) is 0 Å². The van der Waals surface area contributed by atoms with Crippen molar-refractivity contribution in [1.29, 1.82) is 0 Å². The Balaban J connectivity index is 1.03. The van der Waals surface area contributed by atoms with Crippen LogP contribution in [-0.4, -0.2) is 4.57 Å². The first kappa shape index (κ1) is 41.0. The molecule has 0 N–H and O–H groups in total. The first-order chi connectivity index (χ1) is 34.7. The summed E-state index contributed by atoms with van der Waals surface area (Å²) in [5.74, 6) is 0. The number of nitrogens with zero attached hydrogens (tertiary/aromatic N) is 2. The number of para-hydroxylation sites is 2. The summed E-state index contributed by atoms with van der Waals surface area (Å²) >= 11 is 0. The summed E-state index contributed by atoms with van der Waals surface area (Å²) in [5.41, 5.74) is 18.5. The Morgan fingerprint density at radius 3 is 1.63 bits per heavy atom. The Morgan fingerprint density at radius 1 is 0.271 bits per heavy atom. The summed E-state index contributed by atoms with van der Waals surface area (Å²) in [6, 6.07) is 102. The fraction of sp³-hybridized carbons (Fsp3) is 0. The van der Waals surface area contributed by atoms with E-state index >= 15 is 0 Å². The minimum atomic E-state index is 1.07. The molecule has 0 radical (unpaired) electrons. The number of aromatic nitrogens is 1. The molecule has 70 heavy (non-hydrogen) atoms. The van der Waals surface area contributed by atoms with Crippen molar-refractivity contribution in [1.82, 2.24) is 4.57 Å². The van der Waals surface area contributed by atoms with Crippen molar-refractivity contribution >= 4 is 60.4 Å². The molecule has 0 saturated carbocycles. The van der Waals surface area contributed by atoms with Gasteiger partial charge in [-0.25, -0.2) is 0 Å². The molecule has 13 rings (SSSR count). The van der Waals surface area contributed by atoms with E-state index in [1.807, 2.05) is 0 Å². The van der Waals surface area contributed by atoms with Crippen LogP contribution in [0.3, 0.4) is 0 Å². The van der Waals surface area contributed by atoms with Crippen molar-refractivity contribution in [3.05, 3.63) is 279 Å². The van der Waals surface area contributed by atoms with Crippen LogP contribution in [0.15, 0.2) is 279 Å². The second kappa shape index (κ2) is 17.4. The van der Waals surface area contributed by atoms with Gasteiger partial charge in [0.2, 0.25) is 0 Å². The maximum Gasteiger partial charge on any atom is 0.0547 e. The lowest BCUT2D eigenvalue weighted by Crippen LogP contribution is -2.12. The summed E-state index contributed by atoms with van der Waals surface area (Å²) in [6.07, 6.45) is 0. The number of hydrogen-bond donors (Lipinski definition) is 0. The van der Waals surface area contributed by atoms with Crippen molar-refractivity contribution in [3.63, 3.8) is 0 Å². The Kier molecular flexibility index (Phi) is 10.2. The standard InChI is InChI=1S/C68H46N2/c1-4-19-48(20-5-1)58-29-12-13-30-62(58)67-60(49-21-6-2-7-22-49)32-17-35-65(67)69(55-42-39-47(40-43-55)51-41-44-59-53(45-51)38-37-50-23-10-11-28-57(50)59)56-27-16-24-52(46-56)61-33-18-36-66-68(61)63-31-14-15-34-64(63)70(66)54-25-8-3-9-26-54/h1-46H. The fourth-order valence-corrected chi connectivity index (χ4v) is 10.8. The zero-order chi connectivity index (χ0) is 46.4. The molecular weight excluding hydrogens is 845 g/mol. The molecule has 0 amide bonds. The summed E-state index contributed by atoms with van der Waals surface area (Å²) in [5, 5.41) is 7.51. The fourth-order valence-electron chi connectivity index (χ4n) is 10.8. The van der Waals surface area contributed by atoms with Gasteiger partial charge in [0, 0.05) is 33.4 Å². The van der Waals surface area contributed by atoms with Crippen LogP contribution >= 0.6 is 0 Å². The lowest BCUT2D eigenvalue weighted by Gasteiger charge is -2.30. The first-order valence-corrected chi connectivity index (χ1v) is 24.1. The van der Waals surface area contributed by atoms with Gasteiger partial charge in [-0.05, 0) is 132 Å². The molecule has 0 bridgehead atoms. The number of benzene rings is 12. The topological polar surface area (TPSA) is 8.17 Å². The Hall–Kier alpha value is -9.24. The van der Waals surface area contributed by atoms with E-state index in [1.54, 1.807) is 0 Å². The Labute approximate surface area is 408 Å². The van der Waals surface area contributed by atoms with Crippen LogP contribution < -0.4 is 4.90 Å². The summed E-state index contributed by atoms with van der Waals surface area (Å²) < 4.78 is 2.40. The predicted molar refractivity (Wildman–Crippen MR) is 298 cm³/mol. The summed E-state index contributed by atoms with van der Waals surface area (Å²) in [6.45, 7) is 0. The molecular formula is C68H46N2. The maximum absolute atomic E-state index is 2.47. The van der Waals surface area contributed by atoms with Gasteiger partial charge in [0.05, 0.1) is 16.7 Å². The summed E-state index contributed by atoms with van der Waals surface area (Å²) in [7, 11) is 0. The smallest absolute Gasteiger partial charge is 0.0547 e. The van der Waals surface area contributed by atoms with Crippen molar-refractivity contribution < 1.29 is 0 Å². The minimum absolute atomic E-state index is 1.07. The van der Waals surface area contributed by atoms with E-state index in [1.165, 1.54) is 82.3 Å². The molecule has 12 aromatic carbocycles.